The highest BCUT2D eigenvalue weighted by molar-refractivity contribution is 6.03. The van der Waals surface area contributed by atoms with Crippen molar-refractivity contribution in [2.75, 3.05) is 0 Å². The predicted octanol–water partition coefficient (Wildman–Crippen LogP) is 0.154. The van der Waals surface area contributed by atoms with E-state index in [0.717, 1.165) is 0 Å². The van der Waals surface area contributed by atoms with Crippen molar-refractivity contribution < 1.29 is 6.17 Å². The largest absolute Gasteiger partial charge is 0.269 e. The molecule has 1 amide bonds. The van der Waals surface area contributed by atoms with Gasteiger partial charge in [-0.1, -0.05) is 0 Å². The summed E-state index contributed by atoms with van der Waals surface area (Å²) >= 11 is 0. The summed E-state index contributed by atoms with van der Waals surface area (Å²) in [4.78, 5) is 13.4. The Morgan fingerprint density at radius 1 is 2.00 bits per heavy atom. The maximum atomic E-state index is 10.1. The van der Waals surface area contributed by atoms with Crippen molar-refractivity contribution in [2.45, 2.75) is 0 Å². The molecule has 0 aromatic rings. The van der Waals surface area contributed by atoms with Crippen molar-refractivity contribution in [1.82, 2.24) is 0 Å². The van der Waals surface area contributed by atoms with Gasteiger partial charge in [0.2, 0.25) is 0 Å². The van der Waals surface area contributed by atoms with Crippen LogP contribution in [0.2, 0.25) is 0 Å². The molecule has 6 heavy (non-hydrogen) atoms. The molecular weight excluding hydrogens is 78.0 g/mol. The highest BCUT2D eigenvalue weighted by atomic mass is 16.1. The maximum absolute atomic E-state index is 10.1. The van der Waals surface area contributed by atoms with Crippen LogP contribution in [0.4, 0.5) is 0 Å². The number of carbonyl (C=O) groups is 1. The van der Waals surface area contributed by atoms with Gasteiger partial charge in [0.15, 0.2) is 0 Å². The van der Waals surface area contributed by atoms with E-state index in [4.69, 9.17) is 1.37 Å². The number of hydrogen-bond acceptors (Lipinski definition) is 1. The van der Waals surface area contributed by atoms with Gasteiger partial charge >= 0.3 is 0 Å². The number of hydrogen-bond donors (Lipinski definition) is 0. The molecule has 0 radical (unpaired) electrons. The van der Waals surface area contributed by atoms with E-state index in [-0.39, 0.29) is 6.05 Å². The van der Waals surface area contributed by atoms with Crippen LogP contribution < -0.4 is 0 Å². The third-order valence-electron chi connectivity index (χ3n) is 0.473. The number of allylic oxidation sites excluding steroid dienone is 1. The Kier molecular flexibility index (Phi) is 0.399. The second-order valence-corrected chi connectivity index (χ2v) is 0.894. The van der Waals surface area contributed by atoms with Crippen LogP contribution in [-0.4, -0.2) is 12.1 Å². The first-order valence-electron chi connectivity index (χ1n) is 2.06. The van der Waals surface area contributed by atoms with Crippen LogP contribution in [0.1, 0.15) is 1.37 Å². The lowest BCUT2D eigenvalue weighted by molar-refractivity contribution is -0.113. The molecule has 1 aliphatic heterocycles. The summed E-state index contributed by atoms with van der Waals surface area (Å²) in [5, 5.41) is 0. The molecule has 2 heteroatoms. The topological polar surface area (TPSA) is 29.4 Å². The van der Waals surface area contributed by atoms with Gasteiger partial charge in [0.1, 0.15) is 0 Å². The van der Waals surface area contributed by atoms with Crippen molar-refractivity contribution in [1.29, 1.82) is 0 Å². The average Bonchev–Trinajstić information content (AvgIpc) is 1.91. The van der Waals surface area contributed by atoms with Crippen molar-refractivity contribution >= 4 is 12.1 Å². The molecule has 0 fully saturated rings. The number of nitrogens with zero attached hydrogens (tertiary/aromatic N) is 1. The molecule has 0 saturated heterocycles. The van der Waals surface area contributed by atoms with E-state index in [9.17, 15) is 4.79 Å². The molecule has 0 unspecified atom stereocenters. The lowest BCUT2D eigenvalue weighted by Gasteiger charge is -1.62. The van der Waals surface area contributed by atoms with Gasteiger partial charge in [0.05, 0.1) is 1.37 Å². The fourth-order valence-corrected chi connectivity index (χ4v) is 0.251. The zero-order valence-electron chi connectivity index (χ0n) is 4.01. The minimum atomic E-state index is -0.444. The van der Waals surface area contributed by atoms with Gasteiger partial charge in [-0.05, 0) is 6.08 Å². The fourth-order valence-electron chi connectivity index (χ4n) is 0.251. The molecule has 0 aromatic carbocycles. The summed E-state index contributed by atoms with van der Waals surface area (Å²) in [6, 6.07) is -0.0278. The van der Waals surface area contributed by atoms with E-state index in [1.165, 1.54) is 12.3 Å². The summed E-state index contributed by atoms with van der Waals surface area (Å²) in [5.41, 5.74) is 0. The minimum absolute atomic E-state index is 0.0278. The van der Waals surface area contributed by atoms with Crippen LogP contribution in [-0.2, 0) is 4.79 Å². The first-order chi connectivity index (χ1) is 3.30. The lowest BCUT2D eigenvalue weighted by Crippen LogP contribution is -1.75. The van der Waals surface area contributed by atoms with E-state index in [1.54, 1.807) is 0 Å². The van der Waals surface area contributed by atoms with Gasteiger partial charge in [0, 0.05) is 12.3 Å². The zero-order valence-corrected chi connectivity index (χ0v) is 3.01. The van der Waals surface area contributed by atoms with Crippen LogP contribution in [0.25, 0.3) is 0 Å². The van der Waals surface area contributed by atoms with E-state index < -0.39 is 5.91 Å². The van der Waals surface area contributed by atoms with Crippen LogP contribution in [0.5, 0.6) is 0 Å². The smallest absolute Gasteiger partial charge is 0.267 e. The van der Waals surface area contributed by atoms with Crippen LogP contribution in [0, 0.1) is 0 Å². The second-order valence-electron chi connectivity index (χ2n) is 0.894. The Labute approximate surface area is 36.6 Å². The van der Waals surface area contributed by atoms with Crippen molar-refractivity contribution in [2.24, 2.45) is 4.99 Å². The van der Waals surface area contributed by atoms with E-state index >= 15 is 0 Å². The molecule has 2 nitrogen and oxygen atoms in total. The standard InChI is InChI=1S/C4H3NO/c6-4-2-1-3-5-4/h1-3H/i2D. The first-order valence-corrected chi connectivity index (χ1v) is 1.56. The molecule has 1 heterocycles. The molecule has 0 saturated carbocycles. The van der Waals surface area contributed by atoms with Gasteiger partial charge in [-0.2, -0.15) is 0 Å². The maximum Gasteiger partial charge on any atom is 0.269 e. The molecule has 0 aliphatic carbocycles. The SMILES string of the molecule is [2H]C1=CC=NC1=O. The summed E-state index contributed by atoms with van der Waals surface area (Å²) in [6.45, 7) is 0. The Balaban J connectivity index is 2.89. The Bertz CT molecular complexity index is 159. The molecule has 0 spiro atoms. The van der Waals surface area contributed by atoms with E-state index in [0.29, 0.717) is 0 Å². The molecule has 30 valence electrons. The van der Waals surface area contributed by atoms with Gasteiger partial charge in [0.25, 0.3) is 5.91 Å². The Morgan fingerprint density at radius 2 is 2.83 bits per heavy atom. The van der Waals surface area contributed by atoms with E-state index in [1.807, 2.05) is 0 Å². The predicted molar refractivity (Wildman–Crippen MR) is 22.6 cm³/mol. The molecule has 1 rings (SSSR count). The van der Waals surface area contributed by atoms with Crippen molar-refractivity contribution in [3.8, 4) is 0 Å². The third-order valence-corrected chi connectivity index (χ3v) is 0.473. The van der Waals surface area contributed by atoms with Crippen molar-refractivity contribution in [3.05, 3.63) is 12.1 Å². The summed E-state index contributed by atoms with van der Waals surface area (Å²) in [5.74, 6) is -0.444. The normalized spacial score (nSPS) is 21.0. The zero-order chi connectivity index (χ0) is 5.28. The molecule has 0 aromatic heterocycles. The quantitative estimate of drug-likeness (QED) is 0.409. The summed E-state index contributed by atoms with van der Waals surface area (Å²) < 4.78 is 6.72. The van der Waals surface area contributed by atoms with Crippen LogP contribution in [0.15, 0.2) is 17.1 Å². The summed E-state index contributed by atoms with van der Waals surface area (Å²) in [7, 11) is 0. The molecule has 0 bridgehead atoms. The molecular formula is C4H3NO. The number of aliphatic imine (C=N–C) groups is 1. The average molecular weight is 82.1 g/mol. The minimum Gasteiger partial charge on any atom is -0.267 e. The first kappa shape index (κ1) is 2.29. The molecule has 0 N–H and O–H groups in total. The highest BCUT2D eigenvalue weighted by Crippen LogP contribution is 1.83. The third kappa shape index (κ3) is 0.360. The lowest BCUT2D eigenvalue weighted by atomic mass is 10.6. The highest BCUT2D eigenvalue weighted by Gasteiger charge is 1.90. The van der Waals surface area contributed by atoms with Crippen LogP contribution in [0.3, 0.4) is 0 Å². The van der Waals surface area contributed by atoms with Crippen molar-refractivity contribution in [3.63, 3.8) is 0 Å². The summed E-state index contributed by atoms with van der Waals surface area (Å²) in [6.07, 6.45) is 2.69. The number of amides is 1. The Hall–Kier alpha value is -0.920. The van der Waals surface area contributed by atoms with Crippen LogP contribution >= 0.6 is 0 Å². The molecule has 0 atom stereocenters. The number of carbonyl (C=O) groups excluding carboxylic acids is 1. The van der Waals surface area contributed by atoms with Gasteiger partial charge < -0.3 is 0 Å². The van der Waals surface area contributed by atoms with Gasteiger partial charge in [-0.25, -0.2) is 4.99 Å². The van der Waals surface area contributed by atoms with Gasteiger partial charge in [-0.3, -0.25) is 4.79 Å². The Morgan fingerprint density at radius 3 is 3.00 bits per heavy atom. The van der Waals surface area contributed by atoms with E-state index in [2.05, 4.69) is 4.99 Å². The molecule has 1 aliphatic rings. The fraction of sp³-hybridized carbons (Fsp3) is 0. The number of rotatable bonds is 0. The monoisotopic (exact) mass is 82.0 g/mol. The van der Waals surface area contributed by atoms with Gasteiger partial charge in [-0.15, -0.1) is 0 Å². The second kappa shape index (κ2) is 1.05.